The number of nitrogens with zero attached hydrogens (tertiary/aromatic N) is 1. The topological polar surface area (TPSA) is 49.4 Å². The molecule has 2 amide bonds. The maximum atomic E-state index is 12.9. The van der Waals surface area contributed by atoms with Crippen molar-refractivity contribution in [3.05, 3.63) is 64.4 Å². The molecule has 1 aliphatic heterocycles. The van der Waals surface area contributed by atoms with Crippen LogP contribution in [0.15, 0.2) is 42.5 Å². The zero-order valence-electron chi connectivity index (χ0n) is 14.5. The number of hydrogen-bond donors (Lipinski definition) is 1. The van der Waals surface area contributed by atoms with Crippen LogP contribution in [0.5, 0.6) is 0 Å². The molecule has 1 unspecified atom stereocenters. The highest BCUT2D eigenvalue weighted by Gasteiger charge is 2.35. The van der Waals surface area contributed by atoms with Crippen molar-refractivity contribution in [3.63, 3.8) is 0 Å². The number of rotatable bonds is 5. The number of amides is 2. The number of benzene rings is 2. The van der Waals surface area contributed by atoms with Gasteiger partial charge in [0.25, 0.3) is 0 Å². The van der Waals surface area contributed by atoms with Gasteiger partial charge in [-0.1, -0.05) is 23.7 Å². The minimum atomic E-state index is -0.370. The Hall–Kier alpha value is -2.40. The molecule has 0 bridgehead atoms. The van der Waals surface area contributed by atoms with E-state index in [9.17, 15) is 14.0 Å². The fourth-order valence-corrected chi connectivity index (χ4v) is 3.39. The van der Waals surface area contributed by atoms with E-state index in [4.69, 9.17) is 11.6 Å². The average Bonchev–Trinajstić information content (AvgIpc) is 2.98. The minimum Gasteiger partial charge on any atom is -0.355 e. The molecule has 3 rings (SSSR count). The van der Waals surface area contributed by atoms with Crippen molar-refractivity contribution >= 4 is 29.1 Å². The average molecular weight is 375 g/mol. The highest BCUT2D eigenvalue weighted by atomic mass is 35.5. The van der Waals surface area contributed by atoms with Crippen LogP contribution < -0.4 is 10.2 Å². The van der Waals surface area contributed by atoms with Gasteiger partial charge in [0.15, 0.2) is 0 Å². The first-order valence-corrected chi connectivity index (χ1v) is 8.90. The Morgan fingerprint density at radius 2 is 2.00 bits per heavy atom. The van der Waals surface area contributed by atoms with Crippen molar-refractivity contribution in [2.45, 2.75) is 19.8 Å². The van der Waals surface area contributed by atoms with E-state index in [1.54, 1.807) is 29.2 Å². The molecule has 26 heavy (non-hydrogen) atoms. The molecule has 1 N–H and O–H groups in total. The summed E-state index contributed by atoms with van der Waals surface area (Å²) in [6.45, 7) is 2.71. The molecule has 0 aliphatic carbocycles. The summed E-state index contributed by atoms with van der Waals surface area (Å²) in [4.78, 5) is 26.4. The summed E-state index contributed by atoms with van der Waals surface area (Å²) in [5.74, 6) is -0.839. The van der Waals surface area contributed by atoms with Crippen molar-refractivity contribution in [2.75, 3.05) is 18.0 Å². The SMILES string of the molecule is Cc1cc(Cl)ccc1N1CC(C(=O)NCCc2ccc(F)cc2)CC1=O. The Kier molecular flexibility index (Phi) is 5.57. The second-order valence-corrected chi connectivity index (χ2v) is 6.94. The van der Waals surface area contributed by atoms with E-state index in [1.807, 2.05) is 13.0 Å². The van der Waals surface area contributed by atoms with Crippen molar-refractivity contribution in [2.24, 2.45) is 5.92 Å². The van der Waals surface area contributed by atoms with Crippen LogP contribution in [0.3, 0.4) is 0 Å². The number of carbonyl (C=O) groups is 2. The van der Waals surface area contributed by atoms with Crippen molar-refractivity contribution in [1.82, 2.24) is 5.32 Å². The molecule has 6 heteroatoms. The minimum absolute atomic E-state index is 0.0610. The van der Waals surface area contributed by atoms with Gasteiger partial charge in [-0.25, -0.2) is 4.39 Å². The first-order chi connectivity index (χ1) is 12.4. The second kappa shape index (κ2) is 7.87. The zero-order valence-corrected chi connectivity index (χ0v) is 15.2. The number of anilines is 1. The summed E-state index contributed by atoms with van der Waals surface area (Å²) in [6.07, 6.45) is 0.817. The zero-order chi connectivity index (χ0) is 18.7. The number of halogens is 2. The number of nitrogens with one attached hydrogen (secondary N) is 1. The molecular weight excluding hydrogens is 355 g/mol. The lowest BCUT2D eigenvalue weighted by molar-refractivity contribution is -0.126. The van der Waals surface area contributed by atoms with E-state index in [1.165, 1.54) is 12.1 Å². The smallest absolute Gasteiger partial charge is 0.227 e. The van der Waals surface area contributed by atoms with Crippen LogP contribution in [0.4, 0.5) is 10.1 Å². The standard InChI is InChI=1S/C20H20ClFN2O2/c1-13-10-16(21)4-7-18(13)24-12-15(11-19(24)25)20(26)23-9-8-14-2-5-17(22)6-3-14/h2-7,10,15H,8-9,11-12H2,1H3,(H,23,26). The summed E-state index contributed by atoms with van der Waals surface area (Å²) in [5, 5.41) is 3.49. The fraction of sp³-hybridized carbons (Fsp3) is 0.300. The van der Waals surface area contributed by atoms with Gasteiger partial charge in [0.05, 0.1) is 5.92 Å². The molecule has 0 saturated carbocycles. The van der Waals surface area contributed by atoms with Crippen LogP contribution in [0.1, 0.15) is 17.5 Å². The molecule has 4 nitrogen and oxygen atoms in total. The molecule has 1 fully saturated rings. The van der Waals surface area contributed by atoms with Gasteiger partial charge in [-0.2, -0.15) is 0 Å². The summed E-state index contributed by atoms with van der Waals surface area (Å²) in [5.41, 5.74) is 2.65. The Morgan fingerprint density at radius 3 is 2.69 bits per heavy atom. The van der Waals surface area contributed by atoms with Crippen LogP contribution in [0.25, 0.3) is 0 Å². The van der Waals surface area contributed by atoms with Gasteiger partial charge in [0.1, 0.15) is 5.82 Å². The third kappa shape index (κ3) is 4.22. The Labute approximate surface area is 157 Å². The predicted octanol–water partition coefficient (Wildman–Crippen LogP) is 3.50. The van der Waals surface area contributed by atoms with Gasteiger partial charge in [-0.05, 0) is 54.8 Å². The van der Waals surface area contributed by atoms with Gasteiger partial charge in [-0.15, -0.1) is 0 Å². The van der Waals surface area contributed by atoms with Gasteiger partial charge in [-0.3, -0.25) is 9.59 Å². The van der Waals surface area contributed by atoms with Gasteiger partial charge >= 0.3 is 0 Å². The van der Waals surface area contributed by atoms with E-state index >= 15 is 0 Å². The largest absolute Gasteiger partial charge is 0.355 e. The number of hydrogen-bond acceptors (Lipinski definition) is 2. The van der Waals surface area contributed by atoms with E-state index in [0.29, 0.717) is 24.5 Å². The maximum Gasteiger partial charge on any atom is 0.227 e. The van der Waals surface area contributed by atoms with Crippen molar-refractivity contribution < 1.29 is 14.0 Å². The lowest BCUT2D eigenvalue weighted by Gasteiger charge is -2.19. The van der Waals surface area contributed by atoms with Gasteiger partial charge < -0.3 is 10.2 Å². The summed E-state index contributed by atoms with van der Waals surface area (Å²) < 4.78 is 12.9. The maximum absolute atomic E-state index is 12.9. The number of carbonyl (C=O) groups excluding carboxylic acids is 2. The van der Waals surface area contributed by atoms with E-state index in [2.05, 4.69) is 5.32 Å². The molecular formula is C20H20ClFN2O2. The van der Waals surface area contributed by atoms with E-state index < -0.39 is 0 Å². The molecule has 136 valence electrons. The lowest BCUT2D eigenvalue weighted by Crippen LogP contribution is -2.34. The Morgan fingerprint density at radius 1 is 1.27 bits per heavy atom. The molecule has 2 aromatic rings. The fourth-order valence-electron chi connectivity index (χ4n) is 3.16. The Balaban J connectivity index is 1.56. The highest BCUT2D eigenvalue weighted by molar-refractivity contribution is 6.30. The highest BCUT2D eigenvalue weighted by Crippen LogP contribution is 2.29. The van der Waals surface area contributed by atoms with Crippen LogP contribution >= 0.6 is 11.6 Å². The van der Waals surface area contributed by atoms with Gasteiger partial charge in [0, 0.05) is 30.2 Å². The molecule has 2 aromatic carbocycles. The summed E-state index contributed by atoms with van der Waals surface area (Å²) in [7, 11) is 0. The first-order valence-electron chi connectivity index (χ1n) is 8.52. The molecule has 0 radical (unpaired) electrons. The Bertz CT molecular complexity index is 823. The van der Waals surface area contributed by atoms with Crippen molar-refractivity contribution in [3.8, 4) is 0 Å². The monoisotopic (exact) mass is 374 g/mol. The van der Waals surface area contributed by atoms with Crippen LogP contribution in [0.2, 0.25) is 5.02 Å². The normalized spacial score (nSPS) is 16.8. The summed E-state index contributed by atoms with van der Waals surface area (Å²) in [6, 6.07) is 11.6. The van der Waals surface area contributed by atoms with E-state index in [-0.39, 0.29) is 30.0 Å². The molecule has 0 aromatic heterocycles. The van der Waals surface area contributed by atoms with Gasteiger partial charge in [0.2, 0.25) is 11.8 Å². The first kappa shape index (κ1) is 18.4. The second-order valence-electron chi connectivity index (χ2n) is 6.50. The third-order valence-electron chi connectivity index (χ3n) is 4.57. The van der Waals surface area contributed by atoms with Crippen molar-refractivity contribution in [1.29, 1.82) is 0 Å². The molecule has 1 aliphatic rings. The molecule has 1 heterocycles. The molecule has 1 saturated heterocycles. The summed E-state index contributed by atoms with van der Waals surface area (Å²) >= 11 is 5.97. The predicted molar refractivity (Wildman–Crippen MR) is 99.8 cm³/mol. The lowest BCUT2D eigenvalue weighted by atomic mass is 10.1. The quantitative estimate of drug-likeness (QED) is 0.870. The van der Waals surface area contributed by atoms with Crippen LogP contribution in [-0.4, -0.2) is 24.9 Å². The van der Waals surface area contributed by atoms with E-state index in [0.717, 1.165) is 16.8 Å². The van der Waals surface area contributed by atoms with Crippen LogP contribution in [0, 0.1) is 18.7 Å². The molecule has 0 spiro atoms. The molecule has 1 atom stereocenters. The number of aryl methyl sites for hydroxylation is 1. The van der Waals surface area contributed by atoms with Crippen LogP contribution in [-0.2, 0) is 16.0 Å². The third-order valence-corrected chi connectivity index (χ3v) is 4.81.